The summed E-state index contributed by atoms with van der Waals surface area (Å²) in [6, 6.07) is 19.8. The van der Waals surface area contributed by atoms with Gasteiger partial charge < -0.3 is 29.4 Å². The summed E-state index contributed by atoms with van der Waals surface area (Å²) in [4.78, 5) is 12.4. The predicted octanol–water partition coefficient (Wildman–Crippen LogP) is 4.60. The smallest absolute Gasteiger partial charge is 0.338 e. The Kier molecular flexibility index (Phi) is 10.2. The average Bonchev–Trinajstić information content (AvgIpc) is 2.91. The molecule has 0 bridgehead atoms. The number of carbonyl (C=O) groups excluding carboxylic acids is 1. The van der Waals surface area contributed by atoms with Crippen molar-refractivity contribution in [2.24, 2.45) is 0 Å². The number of rotatable bonds is 12. The van der Waals surface area contributed by atoms with Crippen LogP contribution >= 0.6 is 11.6 Å². The van der Waals surface area contributed by atoms with E-state index in [1.807, 2.05) is 30.3 Å². The molecule has 0 aromatic heterocycles. The predicted molar refractivity (Wildman–Crippen MR) is 141 cm³/mol. The van der Waals surface area contributed by atoms with E-state index in [1.54, 1.807) is 56.7 Å². The van der Waals surface area contributed by atoms with E-state index in [4.69, 9.17) is 30.5 Å². The number of aliphatic hydroxyl groups excluding tert-OH is 1. The van der Waals surface area contributed by atoms with Crippen molar-refractivity contribution < 1.29 is 28.8 Å². The molecule has 0 spiro atoms. The number of esters is 1. The largest absolute Gasteiger partial charge is 0.497 e. The third kappa shape index (κ3) is 7.75. The standard InChI is InChI=1S/C28H30ClNO6/c1-33-25-13-8-21(27(15-25)34-2)16-30-17-23(31)18-36-24-11-6-20(7-12-24)26(28(32)35-3)14-19-4-9-22(29)10-5-19/h4-15,23,30-31H,16-18H2,1-3H3/b26-14+. The van der Waals surface area contributed by atoms with Gasteiger partial charge in [-0.3, -0.25) is 0 Å². The fraction of sp³-hybridized carbons (Fsp3) is 0.250. The lowest BCUT2D eigenvalue weighted by Gasteiger charge is -2.15. The minimum Gasteiger partial charge on any atom is -0.497 e. The van der Waals surface area contributed by atoms with E-state index in [0.29, 0.717) is 46.5 Å². The Morgan fingerprint density at radius 3 is 2.31 bits per heavy atom. The Hall–Kier alpha value is -3.52. The summed E-state index contributed by atoms with van der Waals surface area (Å²) in [5, 5.41) is 14.1. The van der Waals surface area contributed by atoms with E-state index in [-0.39, 0.29) is 6.61 Å². The minimum absolute atomic E-state index is 0.108. The first kappa shape index (κ1) is 27.1. The van der Waals surface area contributed by atoms with Crippen LogP contribution in [0, 0.1) is 0 Å². The maximum absolute atomic E-state index is 12.4. The SMILES string of the molecule is COC(=O)/C(=C/c1ccc(Cl)cc1)c1ccc(OCC(O)CNCc2ccc(OC)cc2OC)cc1. The molecule has 0 saturated carbocycles. The molecule has 2 N–H and O–H groups in total. The van der Waals surface area contributed by atoms with Crippen LogP contribution in [0.2, 0.25) is 5.02 Å². The molecule has 0 saturated heterocycles. The summed E-state index contributed by atoms with van der Waals surface area (Å²) in [5.74, 6) is 1.55. The monoisotopic (exact) mass is 511 g/mol. The molecule has 0 radical (unpaired) electrons. The van der Waals surface area contributed by atoms with E-state index < -0.39 is 12.1 Å². The van der Waals surface area contributed by atoms with Crippen molar-refractivity contribution in [2.45, 2.75) is 12.6 Å². The molecule has 190 valence electrons. The Labute approximate surface area is 216 Å². The first-order valence-corrected chi connectivity index (χ1v) is 11.7. The number of halogens is 1. The Morgan fingerprint density at radius 1 is 0.972 bits per heavy atom. The van der Waals surface area contributed by atoms with Gasteiger partial charge in [-0.25, -0.2) is 4.79 Å². The fourth-order valence-electron chi connectivity index (χ4n) is 3.45. The molecule has 0 amide bonds. The van der Waals surface area contributed by atoms with Gasteiger partial charge >= 0.3 is 5.97 Å². The second-order valence-electron chi connectivity index (χ2n) is 7.90. The molecule has 0 aliphatic carbocycles. The van der Waals surface area contributed by atoms with Gasteiger partial charge in [0.1, 0.15) is 30.0 Å². The number of aliphatic hydroxyl groups is 1. The molecule has 1 unspecified atom stereocenters. The van der Waals surface area contributed by atoms with Crippen molar-refractivity contribution in [1.29, 1.82) is 0 Å². The van der Waals surface area contributed by atoms with Crippen LogP contribution < -0.4 is 19.5 Å². The molecule has 8 heteroatoms. The lowest BCUT2D eigenvalue weighted by Crippen LogP contribution is -2.31. The topological polar surface area (TPSA) is 86.3 Å². The van der Waals surface area contributed by atoms with Crippen LogP contribution in [0.15, 0.2) is 66.7 Å². The third-order valence-electron chi connectivity index (χ3n) is 5.38. The van der Waals surface area contributed by atoms with Gasteiger partial charge in [0.25, 0.3) is 0 Å². The maximum atomic E-state index is 12.4. The van der Waals surface area contributed by atoms with Gasteiger partial charge in [0.05, 0.1) is 26.9 Å². The highest BCUT2D eigenvalue weighted by atomic mass is 35.5. The molecule has 3 rings (SSSR count). The summed E-state index contributed by atoms with van der Waals surface area (Å²) in [6.07, 6.45) is 1.02. The van der Waals surface area contributed by atoms with Gasteiger partial charge in [-0.15, -0.1) is 0 Å². The number of hydrogen-bond acceptors (Lipinski definition) is 7. The van der Waals surface area contributed by atoms with Crippen LogP contribution in [0.25, 0.3) is 11.6 Å². The summed E-state index contributed by atoms with van der Waals surface area (Å²) in [6.45, 7) is 0.968. The number of methoxy groups -OCH3 is 3. The molecular weight excluding hydrogens is 482 g/mol. The normalized spacial score (nSPS) is 12.1. The number of benzene rings is 3. The van der Waals surface area contributed by atoms with Gasteiger partial charge in [0.2, 0.25) is 0 Å². The first-order chi connectivity index (χ1) is 17.4. The molecular formula is C28H30ClNO6. The van der Waals surface area contributed by atoms with Crippen molar-refractivity contribution >= 4 is 29.2 Å². The van der Waals surface area contributed by atoms with Gasteiger partial charge in [-0.05, 0) is 47.5 Å². The summed E-state index contributed by atoms with van der Waals surface area (Å²) >= 11 is 5.95. The van der Waals surface area contributed by atoms with Crippen LogP contribution in [0.1, 0.15) is 16.7 Å². The van der Waals surface area contributed by atoms with E-state index in [2.05, 4.69) is 5.32 Å². The van der Waals surface area contributed by atoms with E-state index in [1.165, 1.54) is 7.11 Å². The molecule has 0 aliphatic rings. The van der Waals surface area contributed by atoms with Crippen molar-refractivity contribution in [3.8, 4) is 17.2 Å². The Bertz CT molecular complexity index is 1160. The van der Waals surface area contributed by atoms with Gasteiger partial charge in [-0.1, -0.05) is 41.9 Å². The summed E-state index contributed by atoms with van der Waals surface area (Å²) in [7, 11) is 4.55. The van der Waals surface area contributed by atoms with Crippen molar-refractivity contribution in [3.63, 3.8) is 0 Å². The summed E-state index contributed by atoms with van der Waals surface area (Å²) in [5.41, 5.74) is 2.86. The first-order valence-electron chi connectivity index (χ1n) is 11.3. The molecule has 0 aliphatic heterocycles. The fourth-order valence-corrected chi connectivity index (χ4v) is 3.58. The number of carbonyl (C=O) groups is 1. The second-order valence-corrected chi connectivity index (χ2v) is 8.34. The highest BCUT2D eigenvalue weighted by Gasteiger charge is 2.13. The lowest BCUT2D eigenvalue weighted by atomic mass is 10.0. The van der Waals surface area contributed by atoms with Crippen molar-refractivity contribution in [3.05, 3.63) is 88.4 Å². The number of nitrogens with one attached hydrogen (secondary N) is 1. The van der Waals surface area contributed by atoms with Crippen LogP contribution in [0.4, 0.5) is 0 Å². The van der Waals surface area contributed by atoms with Crippen molar-refractivity contribution in [2.75, 3.05) is 34.5 Å². The van der Waals surface area contributed by atoms with Gasteiger partial charge in [0, 0.05) is 29.7 Å². The minimum atomic E-state index is -0.718. The quantitative estimate of drug-likeness (QED) is 0.209. The highest BCUT2D eigenvalue weighted by molar-refractivity contribution is 6.30. The molecule has 1 atom stereocenters. The lowest BCUT2D eigenvalue weighted by molar-refractivity contribution is -0.133. The van der Waals surface area contributed by atoms with Crippen LogP contribution in [0.5, 0.6) is 17.2 Å². The molecule has 0 fully saturated rings. The van der Waals surface area contributed by atoms with Crippen LogP contribution in [-0.2, 0) is 16.1 Å². The second kappa shape index (κ2) is 13.5. The van der Waals surface area contributed by atoms with Gasteiger partial charge in [-0.2, -0.15) is 0 Å². The Morgan fingerprint density at radius 2 is 1.67 bits per heavy atom. The zero-order chi connectivity index (χ0) is 25.9. The Balaban J connectivity index is 1.54. The van der Waals surface area contributed by atoms with E-state index >= 15 is 0 Å². The zero-order valence-electron chi connectivity index (χ0n) is 20.5. The van der Waals surface area contributed by atoms with Crippen LogP contribution in [-0.4, -0.2) is 51.7 Å². The molecule has 0 heterocycles. The highest BCUT2D eigenvalue weighted by Crippen LogP contribution is 2.25. The molecule has 36 heavy (non-hydrogen) atoms. The molecule has 3 aromatic carbocycles. The number of hydrogen-bond donors (Lipinski definition) is 2. The summed E-state index contributed by atoms with van der Waals surface area (Å²) < 4.78 is 21.3. The average molecular weight is 512 g/mol. The van der Waals surface area contributed by atoms with E-state index in [9.17, 15) is 9.90 Å². The third-order valence-corrected chi connectivity index (χ3v) is 5.64. The molecule has 7 nitrogen and oxygen atoms in total. The number of ether oxygens (including phenoxy) is 4. The van der Waals surface area contributed by atoms with Gasteiger partial charge in [0.15, 0.2) is 0 Å². The van der Waals surface area contributed by atoms with Crippen LogP contribution in [0.3, 0.4) is 0 Å². The van der Waals surface area contributed by atoms with E-state index in [0.717, 1.165) is 11.1 Å². The maximum Gasteiger partial charge on any atom is 0.338 e. The van der Waals surface area contributed by atoms with Crippen molar-refractivity contribution in [1.82, 2.24) is 5.32 Å². The zero-order valence-corrected chi connectivity index (χ0v) is 21.2. The molecule has 3 aromatic rings.